The van der Waals surface area contributed by atoms with Gasteiger partial charge in [-0.3, -0.25) is 0 Å². The van der Waals surface area contributed by atoms with E-state index in [9.17, 15) is 13.2 Å². The molecule has 0 unspecified atom stereocenters. The lowest BCUT2D eigenvalue weighted by Crippen LogP contribution is -2.22. The fourth-order valence-electron chi connectivity index (χ4n) is 1.52. The van der Waals surface area contributed by atoms with Crippen LogP contribution in [0.4, 0.5) is 0 Å². The molecule has 2 heterocycles. The number of hydrogen-bond acceptors (Lipinski definition) is 5. The van der Waals surface area contributed by atoms with Gasteiger partial charge >= 0.3 is 5.97 Å². The monoisotopic (exact) mass is 335 g/mol. The summed E-state index contributed by atoms with van der Waals surface area (Å²) in [4.78, 5) is 10.8. The standard InChI is InChI=1S/C11H10ClNO5S2/c1-6-8(11(14)15)4-7(18-6)5-13-20(16,17)10-3-2-9(12)19-10/h2-4,13H,5H2,1H3,(H,14,15). The number of carbonyl (C=O) groups is 1. The summed E-state index contributed by atoms with van der Waals surface area (Å²) in [6, 6.07) is 4.17. The van der Waals surface area contributed by atoms with Gasteiger partial charge in [-0.05, 0) is 25.1 Å². The zero-order valence-corrected chi connectivity index (χ0v) is 12.6. The van der Waals surface area contributed by atoms with Crippen molar-refractivity contribution < 1.29 is 22.7 Å². The van der Waals surface area contributed by atoms with Crippen molar-refractivity contribution in [3.05, 3.63) is 39.6 Å². The number of furan rings is 1. The van der Waals surface area contributed by atoms with Gasteiger partial charge in [0, 0.05) is 0 Å². The van der Waals surface area contributed by atoms with Crippen molar-refractivity contribution in [2.75, 3.05) is 0 Å². The van der Waals surface area contributed by atoms with Crippen LogP contribution < -0.4 is 4.72 Å². The molecule has 0 saturated heterocycles. The summed E-state index contributed by atoms with van der Waals surface area (Å²) in [5.74, 6) is -0.664. The van der Waals surface area contributed by atoms with E-state index in [0.717, 1.165) is 11.3 Å². The Balaban J connectivity index is 2.12. The quantitative estimate of drug-likeness (QED) is 0.875. The Morgan fingerprint density at radius 3 is 2.70 bits per heavy atom. The van der Waals surface area contributed by atoms with E-state index in [-0.39, 0.29) is 27.8 Å². The Kier molecular flexibility index (Phi) is 4.19. The average Bonchev–Trinajstić information content (AvgIpc) is 2.93. The van der Waals surface area contributed by atoms with Crippen LogP contribution in [0.5, 0.6) is 0 Å². The molecule has 9 heteroatoms. The van der Waals surface area contributed by atoms with Crippen molar-refractivity contribution in [3.63, 3.8) is 0 Å². The summed E-state index contributed by atoms with van der Waals surface area (Å²) in [5, 5.41) is 8.88. The molecule has 0 amide bonds. The molecule has 0 radical (unpaired) electrons. The molecule has 20 heavy (non-hydrogen) atoms. The van der Waals surface area contributed by atoms with Gasteiger partial charge in [-0.15, -0.1) is 11.3 Å². The normalized spacial score (nSPS) is 11.7. The van der Waals surface area contributed by atoms with Crippen LogP contribution in [0.2, 0.25) is 4.34 Å². The van der Waals surface area contributed by atoms with Crippen LogP contribution in [0.15, 0.2) is 26.8 Å². The van der Waals surface area contributed by atoms with Crippen molar-refractivity contribution in [2.45, 2.75) is 17.7 Å². The molecule has 0 fully saturated rings. The lowest BCUT2D eigenvalue weighted by atomic mass is 10.2. The first-order chi connectivity index (χ1) is 9.29. The first-order valence-electron chi connectivity index (χ1n) is 5.37. The molecule has 0 saturated carbocycles. The summed E-state index contributed by atoms with van der Waals surface area (Å²) in [7, 11) is -3.68. The van der Waals surface area contributed by atoms with Crippen molar-refractivity contribution in [2.24, 2.45) is 0 Å². The van der Waals surface area contributed by atoms with E-state index in [1.807, 2.05) is 0 Å². The number of nitrogens with one attached hydrogen (secondary N) is 1. The lowest BCUT2D eigenvalue weighted by Gasteiger charge is -2.02. The van der Waals surface area contributed by atoms with E-state index < -0.39 is 16.0 Å². The molecule has 2 aromatic heterocycles. The van der Waals surface area contributed by atoms with Gasteiger partial charge in [-0.25, -0.2) is 17.9 Å². The second-order valence-corrected chi connectivity index (χ2v) is 7.58. The van der Waals surface area contributed by atoms with Gasteiger partial charge in [0.25, 0.3) is 10.0 Å². The molecule has 0 aliphatic heterocycles. The molecule has 2 aromatic rings. The molecule has 0 atom stereocenters. The van der Waals surface area contributed by atoms with E-state index in [1.54, 1.807) is 0 Å². The Morgan fingerprint density at radius 1 is 1.50 bits per heavy atom. The lowest BCUT2D eigenvalue weighted by molar-refractivity contribution is 0.0695. The maximum Gasteiger partial charge on any atom is 0.339 e. The number of sulfonamides is 1. The summed E-state index contributed by atoms with van der Waals surface area (Å²) in [6.45, 7) is 1.37. The van der Waals surface area contributed by atoms with Crippen LogP contribution in [0.1, 0.15) is 21.9 Å². The van der Waals surface area contributed by atoms with Gasteiger partial charge in [-0.2, -0.15) is 0 Å². The Hall–Kier alpha value is -1.35. The smallest absolute Gasteiger partial charge is 0.339 e. The van der Waals surface area contributed by atoms with Gasteiger partial charge in [0.15, 0.2) is 0 Å². The number of aromatic carboxylic acids is 1. The highest BCUT2D eigenvalue weighted by atomic mass is 35.5. The maximum atomic E-state index is 11.9. The van der Waals surface area contributed by atoms with Gasteiger partial charge in [0.2, 0.25) is 0 Å². The van der Waals surface area contributed by atoms with E-state index in [0.29, 0.717) is 4.34 Å². The van der Waals surface area contributed by atoms with Crippen LogP contribution in [0, 0.1) is 6.92 Å². The minimum atomic E-state index is -3.68. The second kappa shape index (κ2) is 5.57. The van der Waals surface area contributed by atoms with Gasteiger partial charge in [0.1, 0.15) is 21.3 Å². The first-order valence-corrected chi connectivity index (χ1v) is 8.05. The number of hydrogen-bond donors (Lipinski definition) is 2. The molecule has 2 N–H and O–H groups in total. The fourth-order valence-corrected chi connectivity index (χ4v) is 4.04. The average molecular weight is 336 g/mol. The highest BCUT2D eigenvalue weighted by Crippen LogP contribution is 2.25. The number of carboxylic acid groups (broad SMARTS) is 1. The third kappa shape index (κ3) is 3.21. The highest BCUT2D eigenvalue weighted by molar-refractivity contribution is 7.91. The number of halogens is 1. The van der Waals surface area contributed by atoms with E-state index in [1.165, 1.54) is 25.1 Å². The maximum absolute atomic E-state index is 11.9. The SMILES string of the molecule is Cc1oc(CNS(=O)(=O)c2ccc(Cl)s2)cc1C(=O)O. The van der Waals surface area contributed by atoms with E-state index >= 15 is 0 Å². The van der Waals surface area contributed by atoms with Crippen LogP contribution in [-0.4, -0.2) is 19.5 Å². The van der Waals surface area contributed by atoms with Crippen LogP contribution in [0.25, 0.3) is 0 Å². The molecular formula is C11H10ClNO5S2. The van der Waals surface area contributed by atoms with Gasteiger partial charge in [-0.1, -0.05) is 11.6 Å². The highest BCUT2D eigenvalue weighted by Gasteiger charge is 2.19. The van der Waals surface area contributed by atoms with Crippen molar-refractivity contribution >= 4 is 38.9 Å². The topological polar surface area (TPSA) is 96.6 Å². The molecule has 0 spiro atoms. The third-order valence-corrected chi connectivity index (χ3v) is 5.57. The largest absolute Gasteiger partial charge is 0.478 e. The summed E-state index contributed by atoms with van der Waals surface area (Å²) < 4.78 is 31.8. The zero-order valence-electron chi connectivity index (χ0n) is 10.2. The number of thiophene rings is 1. The van der Waals surface area contributed by atoms with Crippen molar-refractivity contribution in [3.8, 4) is 0 Å². The summed E-state index contributed by atoms with van der Waals surface area (Å²) in [6.07, 6.45) is 0. The number of carboxylic acids is 1. The zero-order chi connectivity index (χ0) is 14.9. The first kappa shape index (κ1) is 15.0. The summed E-state index contributed by atoms with van der Waals surface area (Å²) >= 11 is 6.62. The summed E-state index contributed by atoms with van der Waals surface area (Å²) in [5.41, 5.74) is 0.0124. The minimum Gasteiger partial charge on any atom is -0.478 e. The van der Waals surface area contributed by atoms with Gasteiger partial charge in [0.05, 0.1) is 10.9 Å². The minimum absolute atomic E-state index is 0.0124. The number of rotatable bonds is 5. The predicted molar refractivity (Wildman–Crippen MR) is 73.8 cm³/mol. The Labute approximate surface area is 124 Å². The Morgan fingerprint density at radius 2 is 2.20 bits per heavy atom. The van der Waals surface area contributed by atoms with E-state index in [2.05, 4.69) is 4.72 Å². The van der Waals surface area contributed by atoms with Crippen molar-refractivity contribution in [1.29, 1.82) is 0 Å². The van der Waals surface area contributed by atoms with E-state index in [4.69, 9.17) is 21.1 Å². The van der Waals surface area contributed by atoms with Crippen molar-refractivity contribution in [1.82, 2.24) is 4.72 Å². The second-order valence-electron chi connectivity index (χ2n) is 3.87. The molecule has 6 nitrogen and oxygen atoms in total. The molecule has 108 valence electrons. The third-order valence-electron chi connectivity index (χ3n) is 2.45. The molecule has 0 bridgehead atoms. The predicted octanol–water partition coefficient (Wildman–Crippen LogP) is 2.48. The molecule has 0 aliphatic carbocycles. The Bertz CT molecular complexity index is 747. The molecule has 2 rings (SSSR count). The van der Waals surface area contributed by atoms with Crippen LogP contribution in [-0.2, 0) is 16.6 Å². The molecular weight excluding hydrogens is 326 g/mol. The van der Waals surface area contributed by atoms with Crippen LogP contribution in [0.3, 0.4) is 0 Å². The number of aryl methyl sites for hydroxylation is 1. The molecule has 0 aromatic carbocycles. The molecule has 0 aliphatic rings. The fraction of sp³-hybridized carbons (Fsp3) is 0.182. The van der Waals surface area contributed by atoms with Gasteiger partial charge < -0.3 is 9.52 Å². The van der Waals surface area contributed by atoms with Crippen LogP contribution >= 0.6 is 22.9 Å².